The minimum absolute atomic E-state index is 0.0378. The maximum atomic E-state index is 13.1. The number of carbonyl (C=O) groups is 3. The summed E-state index contributed by atoms with van der Waals surface area (Å²) in [5, 5.41) is 0. The zero-order chi connectivity index (χ0) is 24.4. The van der Waals surface area contributed by atoms with Gasteiger partial charge in [0.05, 0.1) is 25.7 Å². The van der Waals surface area contributed by atoms with Crippen LogP contribution in [0.3, 0.4) is 0 Å². The highest BCUT2D eigenvalue weighted by molar-refractivity contribution is 7.48. The van der Waals surface area contributed by atoms with Crippen molar-refractivity contribution in [1.82, 2.24) is 4.90 Å². The van der Waals surface area contributed by atoms with Gasteiger partial charge in [-0.1, -0.05) is 12.8 Å². The third kappa shape index (κ3) is 5.73. The van der Waals surface area contributed by atoms with Crippen molar-refractivity contribution in [2.24, 2.45) is 11.3 Å². The smallest absolute Gasteiger partial charge is 0.463 e. The third-order valence-electron chi connectivity index (χ3n) is 5.71. The molecule has 0 bridgehead atoms. The van der Waals surface area contributed by atoms with Crippen LogP contribution in [0, 0.1) is 23.7 Å². The predicted molar refractivity (Wildman–Crippen MR) is 115 cm³/mol. The second-order valence-electron chi connectivity index (χ2n) is 8.96. The molecule has 3 aliphatic heterocycles. The number of allylic oxidation sites excluding steroid dienone is 1. The summed E-state index contributed by atoms with van der Waals surface area (Å²) in [6.07, 6.45) is 6.20. The summed E-state index contributed by atoms with van der Waals surface area (Å²) in [5.41, 5.74) is -1.17. The van der Waals surface area contributed by atoms with Crippen LogP contribution in [-0.4, -0.2) is 60.3 Å². The number of ketones is 1. The van der Waals surface area contributed by atoms with E-state index in [9.17, 15) is 18.9 Å². The number of ether oxygens (including phenoxy) is 2. The van der Waals surface area contributed by atoms with E-state index in [4.69, 9.17) is 29.5 Å². The van der Waals surface area contributed by atoms with E-state index in [0.717, 1.165) is 0 Å². The molecule has 1 unspecified atom stereocenters. The highest BCUT2D eigenvalue weighted by Gasteiger charge is 2.61. The third-order valence-corrected chi connectivity index (χ3v) is 7.12. The molecule has 33 heavy (non-hydrogen) atoms. The van der Waals surface area contributed by atoms with Gasteiger partial charge in [-0.25, -0.2) is 4.57 Å². The van der Waals surface area contributed by atoms with Crippen LogP contribution in [0.5, 0.6) is 0 Å². The van der Waals surface area contributed by atoms with Crippen molar-refractivity contribution in [3.8, 4) is 12.3 Å². The number of phosphoric acid groups is 1. The fraction of sp³-hybridized carbons (Fsp3) is 0.682. The molecule has 11 heteroatoms. The number of phosphoric ester groups is 1. The van der Waals surface area contributed by atoms with Crippen LogP contribution in [-0.2, 0) is 42.0 Å². The molecule has 0 N–H and O–H groups in total. The highest BCUT2D eigenvalue weighted by atomic mass is 31.2. The Labute approximate surface area is 193 Å². The average molecular weight is 483 g/mol. The number of terminal acetylenes is 1. The molecule has 182 valence electrons. The molecule has 3 aliphatic rings. The summed E-state index contributed by atoms with van der Waals surface area (Å²) in [4.78, 5) is 36.9. The zero-order valence-electron chi connectivity index (χ0n) is 19.2. The number of hydrogen-bond donors (Lipinski definition) is 0. The number of amides is 1. The molecule has 3 rings (SSSR count). The van der Waals surface area contributed by atoms with Crippen molar-refractivity contribution in [2.45, 2.75) is 71.5 Å². The van der Waals surface area contributed by atoms with Gasteiger partial charge in [-0.2, -0.15) is 0 Å². The van der Waals surface area contributed by atoms with Crippen LogP contribution in [0.1, 0.15) is 47.0 Å². The Morgan fingerprint density at radius 1 is 1.39 bits per heavy atom. The Hall–Kier alpha value is -2.02. The van der Waals surface area contributed by atoms with E-state index in [2.05, 4.69) is 5.92 Å². The van der Waals surface area contributed by atoms with Crippen LogP contribution in [0.15, 0.2) is 12.3 Å². The SMILES string of the molecule is C#C[C@]1(C)[C@@H]2O[P@@](=O)(OCC(C)CCC(=O)OC(C)C)OC[C@H]2O[C@H]1N1C=CC(=O)CC1=O. The van der Waals surface area contributed by atoms with Crippen LogP contribution >= 0.6 is 7.82 Å². The molecule has 0 aromatic carbocycles. The second-order valence-corrected chi connectivity index (χ2v) is 10.6. The quantitative estimate of drug-likeness (QED) is 0.222. The van der Waals surface area contributed by atoms with E-state index in [0.29, 0.717) is 6.42 Å². The maximum Gasteiger partial charge on any atom is 0.475 e. The molecule has 6 atom stereocenters. The molecular formula is C22H30NO9P. The van der Waals surface area contributed by atoms with Crippen molar-refractivity contribution in [3.63, 3.8) is 0 Å². The van der Waals surface area contributed by atoms with Crippen LogP contribution in [0.2, 0.25) is 0 Å². The van der Waals surface area contributed by atoms with Crippen LogP contribution in [0.4, 0.5) is 0 Å². The van der Waals surface area contributed by atoms with Crippen LogP contribution in [0.25, 0.3) is 0 Å². The van der Waals surface area contributed by atoms with Gasteiger partial charge in [0.1, 0.15) is 17.6 Å². The summed E-state index contributed by atoms with van der Waals surface area (Å²) in [5.74, 6) is 1.45. The van der Waals surface area contributed by atoms with E-state index >= 15 is 0 Å². The molecule has 0 saturated carbocycles. The van der Waals surface area contributed by atoms with Crippen molar-refractivity contribution >= 4 is 25.5 Å². The first-order chi connectivity index (χ1) is 15.5. The average Bonchev–Trinajstić information content (AvgIpc) is 3.02. The van der Waals surface area contributed by atoms with Gasteiger partial charge in [0, 0.05) is 12.6 Å². The first kappa shape index (κ1) is 25.6. The molecule has 0 aromatic heterocycles. The Balaban J connectivity index is 1.62. The van der Waals surface area contributed by atoms with Gasteiger partial charge < -0.3 is 9.47 Å². The Morgan fingerprint density at radius 3 is 2.76 bits per heavy atom. The Morgan fingerprint density at radius 2 is 2.12 bits per heavy atom. The summed E-state index contributed by atoms with van der Waals surface area (Å²) in [6.45, 7) is 7.00. The largest absolute Gasteiger partial charge is 0.475 e. The highest BCUT2D eigenvalue weighted by Crippen LogP contribution is 2.59. The lowest BCUT2D eigenvalue weighted by molar-refractivity contribution is -0.149. The van der Waals surface area contributed by atoms with Gasteiger partial charge in [-0.05, 0) is 39.2 Å². The molecule has 2 saturated heterocycles. The fourth-order valence-corrected chi connectivity index (χ4v) is 5.46. The molecule has 1 amide bonds. The second kappa shape index (κ2) is 10.1. The van der Waals surface area contributed by atoms with E-state index in [-0.39, 0.29) is 49.8 Å². The fourth-order valence-electron chi connectivity index (χ4n) is 3.86. The van der Waals surface area contributed by atoms with Crippen molar-refractivity contribution in [1.29, 1.82) is 0 Å². The standard InChI is InChI=1S/C22H30NO9P/c1-6-22(5)20-17(31-21(22)23-10-9-16(24)11-18(23)25)13-29-33(27,32-20)28-12-15(4)7-8-19(26)30-14(2)3/h1,9-10,14-15,17,20-21H,7-8,11-13H2,2-5H3/t15?,17-,20-,21-,22-,33+/m1/s1. The number of hydrogen-bond acceptors (Lipinski definition) is 9. The minimum Gasteiger partial charge on any atom is -0.463 e. The lowest BCUT2D eigenvalue weighted by Gasteiger charge is -2.37. The first-order valence-electron chi connectivity index (χ1n) is 10.9. The first-order valence-corrected chi connectivity index (χ1v) is 12.4. The van der Waals surface area contributed by atoms with E-state index in [1.165, 1.54) is 17.2 Å². The monoisotopic (exact) mass is 483 g/mol. The summed E-state index contributed by atoms with van der Waals surface area (Å²) < 4.78 is 40.8. The summed E-state index contributed by atoms with van der Waals surface area (Å²) in [7, 11) is -3.96. The number of fused-ring (bicyclic) bond motifs is 1. The molecular weight excluding hydrogens is 453 g/mol. The molecule has 2 fully saturated rings. The van der Waals surface area contributed by atoms with Gasteiger partial charge in [0.15, 0.2) is 12.0 Å². The van der Waals surface area contributed by atoms with Gasteiger partial charge in [-0.3, -0.25) is 32.9 Å². The minimum atomic E-state index is -3.96. The lowest BCUT2D eigenvalue weighted by Crippen LogP contribution is -2.49. The molecule has 3 heterocycles. The summed E-state index contributed by atoms with van der Waals surface area (Å²) >= 11 is 0. The van der Waals surface area contributed by atoms with Gasteiger partial charge >= 0.3 is 13.8 Å². The Bertz CT molecular complexity index is 910. The number of carbonyl (C=O) groups excluding carboxylic acids is 3. The topological polar surface area (TPSA) is 118 Å². The Kier molecular flexibility index (Phi) is 7.82. The number of nitrogens with zero attached hydrogens (tertiary/aromatic N) is 1. The van der Waals surface area contributed by atoms with Crippen molar-refractivity contribution in [2.75, 3.05) is 13.2 Å². The van der Waals surface area contributed by atoms with Gasteiger partial charge in [0.2, 0.25) is 5.91 Å². The lowest BCUT2D eigenvalue weighted by atomic mass is 9.82. The maximum absolute atomic E-state index is 13.1. The molecule has 0 aliphatic carbocycles. The zero-order valence-corrected chi connectivity index (χ0v) is 20.1. The van der Waals surface area contributed by atoms with E-state index in [1.54, 1.807) is 20.8 Å². The molecule has 0 spiro atoms. The summed E-state index contributed by atoms with van der Waals surface area (Å²) in [6, 6.07) is 0. The van der Waals surface area contributed by atoms with Crippen molar-refractivity contribution < 1.29 is 42.0 Å². The van der Waals surface area contributed by atoms with Gasteiger partial charge in [-0.15, -0.1) is 6.42 Å². The number of rotatable bonds is 8. The molecule has 0 radical (unpaired) electrons. The van der Waals surface area contributed by atoms with Crippen LogP contribution < -0.4 is 0 Å². The molecule has 0 aromatic rings. The van der Waals surface area contributed by atoms with E-state index in [1.807, 2.05) is 6.92 Å². The van der Waals surface area contributed by atoms with Gasteiger partial charge in [0.25, 0.3) is 0 Å². The molecule has 10 nitrogen and oxygen atoms in total. The predicted octanol–water partition coefficient (Wildman–Crippen LogP) is 2.57. The van der Waals surface area contributed by atoms with E-state index < -0.39 is 37.6 Å². The number of esters is 1. The normalized spacial score (nSPS) is 34.8. The van der Waals surface area contributed by atoms with Crippen molar-refractivity contribution in [3.05, 3.63) is 12.3 Å².